The Morgan fingerprint density at radius 2 is 1.95 bits per heavy atom. The highest BCUT2D eigenvalue weighted by atomic mass is 16.5. The van der Waals surface area contributed by atoms with E-state index in [0.29, 0.717) is 18.1 Å². The third-order valence-electron chi connectivity index (χ3n) is 4.51. The number of hydrogen-bond acceptors (Lipinski definition) is 4. The number of hydrogen-bond donors (Lipinski definition) is 1. The Morgan fingerprint density at radius 1 is 1.21 bits per heavy atom. The Labute approximate surface area is 114 Å². The molecule has 0 amide bonds. The Bertz CT molecular complexity index is 451. The molecule has 104 valence electrons. The Kier molecular flexibility index (Phi) is 3.54. The predicted octanol–water partition coefficient (Wildman–Crippen LogP) is 2.02. The van der Waals surface area contributed by atoms with Gasteiger partial charge in [0.1, 0.15) is 5.82 Å². The van der Waals surface area contributed by atoms with Crippen LogP contribution in [0.15, 0.2) is 0 Å². The second kappa shape index (κ2) is 5.17. The standard InChI is InChI=1S/C15H23N3O/c1-9-12(4-3-7-16)10(2)18-15(17-9)13-8-11-5-6-14(13)19-11/h11,13-14H,3-8,16H2,1-2H3. The van der Waals surface area contributed by atoms with Gasteiger partial charge < -0.3 is 10.5 Å². The molecule has 4 nitrogen and oxygen atoms in total. The van der Waals surface area contributed by atoms with Crippen LogP contribution < -0.4 is 5.73 Å². The van der Waals surface area contributed by atoms with Crippen LogP contribution in [0.4, 0.5) is 0 Å². The molecule has 3 heterocycles. The quantitative estimate of drug-likeness (QED) is 0.900. The zero-order valence-electron chi connectivity index (χ0n) is 11.9. The van der Waals surface area contributed by atoms with Gasteiger partial charge >= 0.3 is 0 Å². The molecule has 1 aromatic heterocycles. The Balaban J connectivity index is 1.84. The highest BCUT2D eigenvalue weighted by Gasteiger charge is 2.43. The molecule has 2 N–H and O–H groups in total. The van der Waals surface area contributed by atoms with E-state index < -0.39 is 0 Å². The van der Waals surface area contributed by atoms with Crippen LogP contribution in [0.5, 0.6) is 0 Å². The minimum atomic E-state index is 0.360. The van der Waals surface area contributed by atoms with E-state index in [9.17, 15) is 0 Å². The number of nitrogens with two attached hydrogens (primary N) is 1. The van der Waals surface area contributed by atoms with Crippen molar-refractivity contribution < 1.29 is 4.74 Å². The van der Waals surface area contributed by atoms with E-state index in [0.717, 1.165) is 43.0 Å². The topological polar surface area (TPSA) is 61.0 Å². The number of fused-ring (bicyclic) bond motifs is 2. The summed E-state index contributed by atoms with van der Waals surface area (Å²) in [4.78, 5) is 9.51. The number of ether oxygens (including phenoxy) is 1. The van der Waals surface area contributed by atoms with E-state index in [1.807, 2.05) is 0 Å². The lowest BCUT2D eigenvalue weighted by molar-refractivity contribution is 0.0998. The summed E-state index contributed by atoms with van der Waals surface area (Å²) in [6.45, 7) is 4.91. The molecule has 3 rings (SSSR count). The van der Waals surface area contributed by atoms with Crippen LogP contribution in [-0.4, -0.2) is 28.7 Å². The molecule has 0 aromatic carbocycles. The molecule has 19 heavy (non-hydrogen) atoms. The minimum Gasteiger partial charge on any atom is -0.374 e. The summed E-state index contributed by atoms with van der Waals surface area (Å²) in [7, 11) is 0. The summed E-state index contributed by atoms with van der Waals surface area (Å²) in [5.74, 6) is 1.42. The van der Waals surface area contributed by atoms with Crippen LogP contribution in [-0.2, 0) is 11.2 Å². The number of aromatic nitrogens is 2. The van der Waals surface area contributed by atoms with Gasteiger partial charge in [0.05, 0.1) is 12.2 Å². The lowest BCUT2D eigenvalue weighted by Gasteiger charge is -2.19. The Morgan fingerprint density at radius 3 is 2.47 bits per heavy atom. The van der Waals surface area contributed by atoms with Crippen molar-refractivity contribution in [3.8, 4) is 0 Å². The van der Waals surface area contributed by atoms with Crippen molar-refractivity contribution in [2.24, 2.45) is 5.73 Å². The maximum absolute atomic E-state index is 5.92. The van der Waals surface area contributed by atoms with Crippen molar-refractivity contribution in [2.45, 2.75) is 64.1 Å². The smallest absolute Gasteiger partial charge is 0.134 e. The normalized spacial score (nSPS) is 29.1. The van der Waals surface area contributed by atoms with Crippen molar-refractivity contribution in [3.63, 3.8) is 0 Å². The molecule has 0 aliphatic carbocycles. The van der Waals surface area contributed by atoms with Crippen LogP contribution in [0.2, 0.25) is 0 Å². The van der Waals surface area contributed by atoms with Crippen LogP contribution >= 0.6 is 0 Å². The molecule has 3 atom stereocenters. The number of rotatable bonds is 4. The van der Waals surface area contributed by atoms with Crippen LogP contribution in [0, 0.1) is 13.8 Å². The maximum atomic E-state index is 5.92. The second-order valence-electron chi connectivity index (χ2n) is 5.84. The summed E-state index contributed by atoms with van der Waals surface area (Å²) >= 11 is 0. The third-order valence-corrected chi connectivity index (χ3v) is 4.51. The first-order valence-electron chi connectivity index (χ1n) is 7.38. The van der Waals surface area contributed by atoms with Crippen molar-refractivity contribution >= 4 is 0 Å². The molecule has 2 fully saturated rings. The van der Waals surface area contributed by atoms with Gasteiger partial charge in [-0.2, -0.15) is 0 Å². The summed E-state index contributed by atoms with van der Waals surface area (Å²) in [6.07, 6.45) is 6.30. The molecule has 4 heteroatoms. The van der Waals surface area contributed by atoms with Gasteiger partial charge in [-0.3, -0.25) is 0 Å². The van der Waals surface area contributed by atoms with E-state index in [-0.39, 0.29) is 0 Å². The van der Waals surface area contributed by atoms with Gasteiger partial charge in [-0.05, 0) is 58.1 Å². The molecule has 1 aromatic rings. The van der Waals surface area contributed by atoms with Gasteiger partial charge in [-0.1, -0.05) is 0 Å². The molecule has 0 saturated carbocycles. The van der Waals surface area contributed by atoms with Gasteiger partial charge in [0.15, 0.2) is 0 Å². The van der Waals surface area contributed by atoms with Gasteiger partial charge in [-0.25, -0.2) is 9.97 Å². The fourth-order valence-corrected chi connectivity index (χ4v) is 3.48. The van der Waals surface area contributed by atoms with Gasteiger partial charge in [0.2, 0.25) is 0 Å². The van der Waals surface area contributed by atoms with Crippen LogP contribution in [0.1, 0.15) is 54.4 Å². The second-order valence-corrected chi connectivity index (χ2v) is 5.84. The summed E-state index contributed by atoms with van der Waals surface area (Å²) in [6, 6.07) is 0. The van der Waals surface area contributed by atoms with Gasteiger partial charge in [-0.15, -0.1) is 0 Å². The monoisotopic (exact) mass is 261 g/mol. The maximum Gasteiger partial charge on any atom is 0.134 e. The lowest BCUT2D eigenvalue weighted by atomic mass is 9.88. The summed E-state index contributed by atoms with van der Waals surface area (Å²) in [5, 5.41) is 0. The first-order chi connectivity index (χ1) is 9.19. The zero-order valence-corrected chi connectivity index (χ0v) is 11.9. The van der Waals surface area contributed by atoms with Crippen molar-refractivity contribution in [1.29, 1.82) is 0 Å². The first-order valence-corrected chi connectivity index (χ1v) is 7.38. The number of nitrogens with zero attached hydrogens (tertiary/aromatic N) is 2. The van der Waals surface area contributed by atoms with Gasteiger partial charge in [0.25, 0.3) is 0 Å². The SMILES string of the molecule is Cc1nc(C2CC3CCC2O3)nc(C)c1CCCN. The largest absolute Gasteiger partial charge is 0.374 e. The molecule has 2 bridgehead atoms. The van der Waals surface area contributed by atoms with E-state index in [1.54, 1.807) is 0 Å². The van der Waals surface area contributed by atoms with Crippen LogP contribution in [0.25, 0.3) is 0 Å². The highest BCUT2D eigenvalue weighted by Crippen LogP contribution is 2.43. The van der Waals surface area contributed by atoms with E-state index in [1.165, 1.54) is 18.4 Å². The fraction of sp³-hybridized carbons (Fsp3) is 0.733. The van der Waals surface area contributed by atoms with Crippen molar-refractivity contribution in [3.05, 3.63) is 22.8 Å². The molecule has 2 aliphatic rings. The lowest BCUT2D eigenvalue weighted by Crippen LogP contribution is -2.19. The van der Waals surface area contributed by atoms with Crippen molar-refractivity contribution in [2.75, 3.05) is 6.54 Å². The average molecular weight is 261 g/mol. The highest BCUT2D eigenvalue weighted by molar-refractivity contribution is 5.26. The van der Waals surface area contributed by atoms with Gasteiger partial charge in [0, 0.05) is 17.3 Å². The van der Waals surface area contributed by atoms with E-state index >= 15 is 0 Å². The van der Waals surface area contributed by atoms with E-state index in [4.69, 9.17) is 20.4 Å². The molecule has 0 radical (unpaired) electrons. The zero-order chi connectivity index (χ0) is 13.4. The summed E-state index contributed by atoms with van der Waals surface area (Å²) < 4.78 is 5.92. The van der Waals surface area contributed by atoms with E-state index in [2.05, 4.69) is 13.8 Å². The third kappa shape index (κ3) is 2.39. The molecule has 2 aliphatic heterocycles. The number of aryl methyl sites for hydroxylation is 2. The van der Waals surface area contributed by atoms with Crippen molar-refractivity contribution in [1.82, 2.24) is 9.97 Å². The Hall–Kier alpha value is -1.00. The molecule has 0 spiro atoms. The first kappa shape index (κ1) is 13.0. The minimum absolute atomic E-state index is 0.360. The fourth-order valence-electron chi connectivity index (χ4n) is 3.48. The average Bonchev–Trinajstić information content (AvgIpc) is 3.00. The molecular weight excluding hydrogens is 238 g/mol. The predicted molar refractivity (Wildman–Crippen MR) is 74.1 cm³/mol. The summed E-state index contributed by atoms with van der Waals surface area (Å²) in [5.41, 5.74) is 9.11. The molecule has 2 saturated heterocycles. The molecule has 3 unspecified atom stereocenters. The van der Waals surface area contributed by atoms with Crippen LogP contribution in [0.3, 0.4) is 0 Å². The molecular formula is C15H23N3O.